The summed E-state index contributed by atoms with van der Waals surface area (Å²) in [7, 11) is 0. The van der Waals surface area contributed by atoms with Crippen LogP contribution in [0.25, 0.3) is 0 Å². The maximum absolute atomic E-state index is 11.0. The summed E-state index contributed by atoms with van der Waals surface area (Å²) in [5.41, 5.74) is 0. The van der Waals surface area contributed by atoms with E-state index in [9.17, 15) is 4.79 Å². The second-order valence-electron chi connectivity index (χ2n) is 4.16. The van der Waals surface area contributed by atoms with Gasteiger partial charge in [-0.2, -0.15) is 0 Å². The average molecular weight is 222 g/mol. The van der Waals surface area contributed by atoms with Crippen LogP contribution >= 0.6 is 0 Å². The molecule has 0 aromatic carbocycles. The fourth-order valence-corrected chi connectivity index (χ4v) is 1.91. The van der Waals surface area contributed by atoms with Crippen LogP contribution < -0.4 is 10.6 Å². The summed E-state index contributed by atoms with van der Waals surface area (Å²) < 4.78 is 5.57. The van der Waals surface area contributed by atoms with Gasteiger partial charge in [-0.3, -0.25) is 4.79 Å². The van der Waals surface area contributed by atoms with Gasteiger partial charge in [0.1, 0.15) is 11.5 Å². The van der Waals surface area contributed by atoms with Crippen LogP contribution in [0, 0.1) is 0 Å². The first kappa shape index (κ1) is 11.2. The first-order valence-electron chi connectivity index (χ1n) is 5.85. The van der Waals surface area contributed by atoms with E-state index in [1.165, 1.54) is 0 Å². The molecule has 1 saturated heterocycles. The third kappa shape index (κ3) is 2.85. The van der Waals surface area contributed by atoms with Crippen LogP contribution in [0.1, 0.15) is 31.3 Å². The molecular weight excluding hydrogens is 204 g/mol. The number of carbonyl (C=O) groups is 1. The van der Waals surface area contributed by atoms with E-state index in [-0.39, 0.29) is 11.9 Å². The molecule has 4 nitrogen and oxygen atoms in total. The van der Waals surface area contributed by atoms with Crippen LogP contribution in [0.4, 0.5) is 0 Å². The predicted molar refractivity (Wildman–Crippen MR) is 61.0 cm³/mol. The Bertz CT molecular complexity index is 360. The largest absolute Gasteiger partial charge is 0.465 e. The summed E-state index contributed by atoms with van der Waals surface area (Å²) in [5, 5.41) is 6.22. The Balaban J connectivity index is 1.69. The van der Waals surface area contributed by atoms with Crippen molar-refractivity contribution in [1.82, 2.24) is 10.6 Å². The van der Waals surface area contributed by atoms with Gasteiger partial charge in [0.15, 0.2) is 0 Å². The lowest BCUT2D eigenvalue weighted by Gasteiger charge is -2.09. The molecule has 0 spiro atoms. The van der Waals surface area contributed by atoms with E-state index in [1.807, 2.05) is 12.1 Å². The maximum Gasteiger partial charge on any atom is 0.220 e. The Morgan fingerprint density at radius 3 is 2.94 bits per heavy atom. The Morgan fingerprint density at radius 1 is 1.50 bits per heavy atom. The molecule has 1 amide bonds. The van der Waals surface area contributed by atoms with Crippen molar-refractivity contribution in [3.05, 3.63) is 23.7 Å². The van der Waals surface area contributed by atoms with Gasteiger partial charge in [-0.15, -0.1) is 0 Å². The van der Waals surface area contributed by atoms with Crippen LogP contribution in [0.3, 0.4) is 0 Å². The van der Waals surface area contributed by atoms with Crippen molar-refractivity contribution in [3.63, 3.8) is 0 Å². The third-order valence-corrected chi connectivity index (χ3v) is 2.84. The Kier molecular flexibility index (Phi) is 3.62. The highest BCUT2D eigenvalue weighted by Crippen LogP contribution is 2.09. The molecule has 2 rings (SSSR count). The van der Waals surface area contributed by atoms with Gasteiger partial charge in [-0.1, -0.05) is 6.92 Å². The lowest BCUT2D eigenvalue weighted by Crippen LogP contribution is -2.35. The normalized spacial score (nSPS) is 20.1. The summed E-state index contributed by atoms with van der Waals surface area (Å²) in [4.78, 5) is 11.0. The Morgan fingerprint density at radius 2 is 2.31 bits per heavy atom. The number of hydrogen-bond donors (Lipinski definition) is 2. The number of hydrogen-bond acceptors (Lipinski definition) is 3. The average Bonchev–Trinajstić information content (AvgIpc) is 2.88. The lowest BCUT2D eigenvalue weighted by molar-refractivity contribution is -0.119. The maximum atomic E-state index is 11.0. The highest BCUT2D eigenvalue weighted by molar-refractivity contribution is 5.78. The van der Waals surface area contributed by atoms with Crippen molar-refractivity contribution in [3.8, 4) is 0 Å². The molecule has 1 aliphatic heterocycles. The standard InChI is InChI=1S/C12H18N2O2/c1-2-10-4-5-11(16-10)8-13-7-9-3-6-12(15)14-9/h4-5,9,13H,2-3,6-8H2,1H3,(H,14,15). The summed E-state index contributed by atoms with van der Waals surface area (Å²) >= 11 is 0. The molecule has 1 atom stereocenters. The minimum Gasteiger partial charge on any atom is -0.465 e. The minimum atomic E-state index is 0.165. The molecule has 0 aliphatic carbocycles. The van der Waals surface area contributed by atoms with Gasteiger partial charge in [0.05, 0.1) is 6.54 Å². The molecule has 1 aliphatic rings. The molecule has 16 heavy (non-hydrogen) atoms. The second kappa shape index (κ2) is 5.16. The molecule has 0 bridgehead atoms. The van der Waals surface area contributed by atoms with Crippen molar-refractivity contribution in [1.29, 1.82) is 0 Å². The van der Waals surface area contributed by atoms with Crippen LogP contribution in [-0.4, -0.2) is 18.5 Å². The molecule has 1 aromatic heterocycles. The molecule has 2 heterocycles. The lowest BCUT2D eigenvalue weighted by atomic mass is 10.2. The van der Waals surface area contributed by atoms with E-state index in [2.05, 4.69) is 17.6 Å². The van der Waals surface area contributed by atoms with Gasteiger partial charge < -0.3 is 15.1 Å². The van der Waals surface area contributed by atoms with E-state index in [0.29, 0.717) is 6.42 Å². The van der Waals surface area contributed by atoms with E-state index in [0.717, 1.165) is 37.5 Å². The third-order valence-electron chi connectivity index (χ3n) is 2.84. The van der Waals surface area contributed by atoms with E-state index < -0.39 is 0 Å². The van der Waals surface area contributed by atoms with Gasteiger partial charge in [-0.25, -0.2) is 0 Å². The van der Waals surface area contributed by atoms with Crippen molar-refractivity contribution >= 4 is 5.91 Å². The number of aryl methyl sites for hydroxylation is 1. The van der Waals surface area contributed by atoms with Crippen molar-refractivity contribution in [2.24, 2.45) is 0 Å². The van der Waals surface area contributed by atoms with Gasteiger partial charge in [0, 0.05) is 25.4 Å². The van der Waals surface area contributed by atoms with Crippen molar-refractivity contribution in [2.75, 3.05) is 6.54 Å². The summed E-state index contributed by atoms with van der Waals surface area (Å²) in [6, 6.07) is 4.29. The zero-order valence-electron chi connectivity index (χ0n) is 9.58. The fourth-order valence-electron chi connectivity index (χ4n) is 1.91. The summed E-state index contributed by atoms with van der Waals surface area (Å²) in [5.74, 6) is 2.14. The molecule has 1 aromatic rings. The predicted octanol–water partition coefficient (Wildman–Crippen LogP) is 1.21. The molecule has 4 heteroatoms. The summed E-state index contributed by atoms with van der Waals surface area (Å²) in [6.07, 6.45) is 2.52. The Hall–Kier alpha value is -1.29. The highest BCUT2D eigenvalue weighted by Gasteiger charge is 2.19. The van der Waals surface area contributed by atoms with E-state index in [1.54, 1.807) is 0 Å². The smallest absolute Gasteiger partial charge is 0.220 e. The number of carbonyl (C=O) groups excluding carboxylic acids is 1. The first-order valence-corrected chi connectivity index (χ1v) is 5.85. The SMILES string of the molecule is CCc1ccc(CNCC2CCC(=O)N2)o1. The number of amides is 1. The summed E-state index contributed by atoms with van der Waals surface area (Å²) in [6.45, 7) is 3.62. The zero-order chi connectivity index (χ0) is 11.4. The Labute approximate surface area is 95.4 Å². The molecule has 0 radical (unpaired) electrons. The second-order valence-corrected chi connectivity index (χ2v) is 4.16. The van der Waals surface area contributed by atoms with E-state index >= 15 is 0 Å². The van der Waals surface area contributed by atoms with Crippen LogP contribution in [0.5, 0.6) is 0 Å². The quantitative estimate of drug-likeness (QED) is 0.787. The number of rotatable bonds is 5. The zero-order valence-corrected chi connectivity index (χ0v) is 9.58. The molecule has 1 fully saturated rings. The molecule has 1 unspecified atom stereocenters. The molecule has 0 saturated carbocycles. The van der Waals surface area contributed by atoms with E-state index in [4.69, 9.17) is 4.42 Å². The molecule has 2 N–H and O–H groups in total. The van der Waals surface area contributed by atoms with Crippen LogP contribution in [0.2, 0.25) is 0 Å². The highest BCUT2D eigenvalue weighted by atomic mass is 16.3. The monoisotopic (exact) mass is 222 g/mol. The van der Waals surface area contributed by atoms with Gasteiger partial charge in [-0.05, 0) is 18.6 Å². The van der Waals surface area contributed by atoms with Gasteiger partial charge in [0.2, 0.25) is 5.91 Å². The van der Waals surface area contributed by atoms with Crippen LogP contribution in [0.15, 0.2) is 16.5 Å². The van der Waals surface area contributed by atoms with Gasteiger partial charge in [0.25, 0.3) is 0 Å². The topological polar surface area (TPSA) is 54.3 Å². The number of nitrogens with one attached hydrogen (secondary N) is 2. The first-order chi connectivity index (χ1) is 7.78. The van der Waals surface area contributed by atoms with Gasteiger partial charge >= 0.3 is 0 Å². The molecular formula is C12H18N2O2. The van der Waals surface area contributed by atoms with Crippen LogP contribution in [-0.2, 0) is 17.8 Å². The minimum absolute atomic E-state index is 0.165. The van der Waals surface area contributed by atoms with Crippen molar-refractivity contribution in [2.45, 2.75) is 38.8 Å². The molecule has 88 valence electrons. The number of furan rings is 1. The van der Waals surface area contributed by atoms with Crippen molar-refractivity contribution < 1.29 is 9.21 Å². The fraction of sp³-hybridized carbons (Fsp3) is 0.583.